The normalized spacial score (nSPS) is 24.2. The quantitative estimate of drug-likeness (QED) is 0.563. The second kappa shape index (κ2) is 6.56. The van der Waals surface area contributed by atoms with Gasteiger partial charge in [-0.2, -0.15) is 0 Å². The standard InChI is InChI=1S/C11H22N4O2/c1-8-6-14-9(7-13-8)11(17)15(3)5-4-10(16)12-2/h8-9,13-14H,4-7H2,1-3H3,(H,12,16). The Morgan fingerprint density at radius 3 is 2.59 bits per heavy atom. The third-order valence-electron chi connectivity index (χ3n) is 2.97. The molecular formula is C11H22N4O2. The van der Waals surface area contributed by atoms with Gasteiger partial charge < -0.3 is 20.9 Å². The maximum absolute atomic E-state index is 12.0. The highest BCUT2D eigenvalue weighted by atomic mass is 16.2. The van der Waals surface area contributed by atoms with Crippen LogP contribution in [0, 0.1) is 0 Å². The lowest BCUT2D eigenvalue weighted by atomic mass is 10.1. The molecule has 0 spiro atoms. The summed E-state index contributed by atoms with van der Waals surface area (Å²) < 4.78 is 0. The largest absolute Gasteiger partial charge is 0.359 e. The summed E-state index contributed by atoms with van der Waals surface area (Å²) in [5.74, 6) is -0.0127. The summed E-state index contributed by atoms with van der Waals surface area (Å²) in [7, 11) is 3.32. The first-order chi connectivity index (χ1) is 8.04. The molecule has 0 aromatic carbocycles. The summed E-state index contributed by atoms with van der Waals surface area (Å²) in [5.41, 5.74) is 0. The lowest BCUT2D eigenvalue weighted by Gasteiger charge is -2.31. The third kappa shape index (κ3) is 4.32. The van der Waals surface area contributed by atoms with E-state index in [0.29, 0.717) is 25.6 Å². The van der Waals surface area contributed by atoms with Crippen LogP contribution >= 0.6 is 0 Å². The van der Waals surface area contributed by atoms with Crippen LogP contribution in [0.3, 0.4) is 0 Å². The molecule has 0 saturated carbocycles. The first kappa shape index (κ1) is 13.9. The summed E-state index contributed by atoms with van der Waals surface area (Å²) in [6, 6.07) is 0.219. The number of rotatable bonds is 4. The van der Waals surface area contributed by atoms with E-state index in [1.54, 1.807) is 19.0 Å². The van der Waals surface area contributed by atoms with E-state index >= 15 is 0 Å². The fraction of sp³-hybridized carbons (Fsp3) is 0.818. The van der Waals surface area contributed by atoms with Gasteiger partial charge in [-0.05, 0) is 6.92 Å². The Labute approximate surface area is 102 Å². The van der Waals surface area contributed by atoms with Crippen LogP contribution in [0.2, 0.25) is 0 Å². The lowest BCUT2D eigenvalue weighted by molar-refractivity contribution is -0.133. The predicted octanol–water partition coefficient (Wildman–Crippen LogP) is -1.47. The molecule has 6 nitrogen and oxygen atoms in total. The molecule has 98 valence electrons. The summed E-state index contributed by atoms with van der Waals surface area (Å²) in [4.78, 5) is 24.7. The highest BCUT2D eigenvalue weighted by Gasteiger charge is 2.25. The number of likely N-dealkylation sites (N-methyl/N-ethyl adjacent to an activating group) is 1. The van der Waals surface area contributed by atoms with Crippen molar-refractivity contribution < 1.29 is 9.59 Å². The van der Waals surface area contributed by atoms with Gasteiger partial charge >= 0.3 is 0 Å². The molecule has 1 saturated heterocycles. The fourth-order valence-electron chi connectivity index (χ4n) is 1.73. The third-order valence-corrected chi connectivity index (χ3v) is 2.97. The SMILES string of the molecule is CNC(=O)CCN(C)C(=O)C1CNC(C)CN1. The van der Waals surface area contributed by atoms with Gasteiger partial charge in [0.2, 0.25) is 11.8 Å². The van der Waals surface area contributed by atoms with E-state index in [2.05, 4.69) is 22.9 Å². The van der Waals surface area contributed by atoms with Crippen molar-refractivity contribution in [1.82, 2.24) is 20.9 Å². The summed E-state index contributed by atoms with van der Waals surface area (Å²) in [6.45, 7) is 3.96. The molecule has 17 heavy (non-hydrogen) atoms. The van der Waals surface area contributed by atoms with E-state index < -0.39 is 0 Å². The Morgan fingerprint density at radius 2 is 2.06 bits per heavy atom. The zero-order valence-electron chi connectivity index (χ0n) is 10.7. The molecule has 6 heteroatoms. The molecule has 1 heterocycles. The number of carbonyl (C=O) groups excluding carboxylic acids is 2. The Bertz CT molecular complexity index is 275. The minimum atomic E-state index is -0.180. The molecule has 0 bridgehead atoms. The minimum absolute atomic E-state index is 0.0355. The number of nitrogens with zero attached hydrogens (tertiary/aromatic N) is 1. The predicted molar refractivity (Wildman–Crippen MR) is 65.6 cm³/mol. The molecule has 1 fully saturated rings. The zero-order valence-corrected chi connectivity index (χ0v) is 10.7. The van der Waals surface area contributed by atoms with Gasteiger partial charge in [-0.3, -0.25) is 9.59 Å². The van der Waals surface area contributed by atoms with E-state index in [0.717, 1.165) is 6.54 Å². The molecule has 2 atom stereocenters. The maximum atomic E-state index is 12.0. The number of piperazine rings is 1. The molecule has 1 aliphatic heterocycles. The van der Waals surface area contributed by atoms with E-state index in [1.807, 2.05) is 0 Å². The fourth-order valence-corrected chi connectivity index (χ4v) is 1.73. The molecule has 0 aromatic heterocycles. The molecule has 0 radical (unpaired) electrons. The molecule has 3 N–H and O–H groups in total. The molecule has 1 aliphatic rings. The van der Waals surface area contributed by atoms with Gasteiger partial charge in [0, 0.05) is 46.2 Å². The van der Waals surface area contributed by atoms with Crippen molar-refractivity contribution in [3.05, 3.63) is 0 Å². The average Bonchev–Trinajstić information content (AvgIpc) is 2.35. The second-order valence-corrected chi connectivity index (χ2v) is 4.45. The number of amides is 2. The Morgan fingerprint density at radius 1 is 1.35 bits per heavy atom. The first-order valence-corrected chi connectivity index (χ1v) is 5.97. The molecule has 2 unspecified atom stereocenters. The zero-order chi connectivity index (χ0) is 12.8. The van der Waals surface area contributed by atoms with Gasteiger partial charge in [-0.1, -0.05) is 0 Å². The van der Waals surface area contributed by atoms with Crippen molar-refractivity contribution in [2.45, 2.75) is 25.4 Å². The van der Waals surface area contributed by atoms with Gasteiger partial charge in [0.05, 0.1) is 6.04 Å². The van der Waals surface area contributed by atoms with Crippen molar-refractivity contribution in [3.63, 3.8) is 0 Å². The number of carbonyl (C=O) groups is 2. The number of nitrogens with one attached hydrogen (secondary N) is 3. The highest BCUT2D eigenvalue weighted by Crippen LogP contribution is 1.99. The van der Waals surface area contributed by atoms with Crippen molar-refractivity contribution in [3.8, 4) is 0 Å². The van der Waals surface area contributed by atoms with Gasteiger partial charge in [0.25, 0.3) is 0 Å². The number of hydrogen-bond acceptors (Lipinski definition) is 4. The van der Waals surface area contributed by atoms with Crippen LogP contribution in [-0.4, -0.2) is 62.5 Å². The Hall–Kier alpha value is -1.14. The summed E-state index contributed by atoms with van der Waals surface area (Å²) in [6.07, 6.45) is 0.343. The van der Waals surface area contributed by atoms with E-state index in [4.69, 9.17) is 0 Å². The molecular weight excluding hydrogens is 220 g/mol. The van der Waals surface area contributed by atoms with Crippen LogP contribution in [0.5, 0.6) is 0 Å². The summed E-state index contributed by atoms with van der Waals surface area (Å²) >= 11 is 0. The average molecular weight is 242 g/mol. The maximum Gasteiger partial charge on any atom is 0.240 e. The highest BCUT2D eigenvalue weighted by molar-refractivity contribution is 5.83. The van der Waals surface area contributed by atoms with Crippen LogP contribution in [0.25, 0.3) is 0 Å². The topological polar surface area (TPSA) is 73.5 Å². The van der Waals surface area contributed by atoms with E-state index in [1.165, 1.54) is 0 Å². The van der Waals surface area contributed by atoms with Crippen molar-refractivity contribution in [2.24, 2.45) is 0 Å². The lowest BCUT2D eigenvalue weighted by Crippen LogP contribution is -2.59. The van der Waals surface area contributed by atoms with Crippen LogP contribution in [0.4, 0.5) is 0 Å². The molecule has 1 rings (SSSR count). The van der Waals surface area contributed by atoms with Crippen LogP contribution in [0.15, 0.2) is 0 Å². The van der Waals surface area contributed by atoms with Gasteiger partial charge in [0.1, 0.15) is 0 Å². The Balaban J connectivity index is 2.33. The van der Waals surface area contributed by atoms with Gasteiger partial charge in [-0.25, -0.2) is 0 Å². The van der Waals surface area contributed by atoms with Crippen LogP contribution in [-0.2, 0) is 9.59 Å². The summed E-state index contributed by atoms with van der Waals surface area (Å²) in [5, 5.41) is 8.99. The minimum Gasteiger partial charge on any atom is -0.359 e. The second-order valence-electron chi connectivity index (χ2n) is 4.45. The Kier molecular flexibility index (Phi) is 5.37. The molecule has 2 amide bonds. The van der Waals surface area contributed by atoms with E-state index in [9.17, 15) is 9.59 Å². The van der Waals surface area contributed by atoms with Crippen molar-refractivity contribution >= 4 is 11.8 Å². The van der Waals surface area contributed by atoms with Crippen molar-refractivity contribution in [2.75, 3.05) is 33.7 Å². The smallest absolute Gasteiger partial charge is 0.240 e. The molecule has 0 aliphatic carbocycles. The monoisotopic (exact) mass is 242 g/mol. The van der Waals surface area contributed by atoms with Gasteiger partial charge in [0.15, 0.2) is 0 Å². The first-order valence-electron chi connectivity index (χ1n) is 5.97. The molecule has 0 aromatic rings. The van der Waals surface area contributed by atoms with E-state index in [-0.39, 0.29) is 17.9 Å². The van der Waals surface area contributed by atoms with Crippen molar-refractivity contribution in [1.29, 1.82) is 0 Å². The van der Waals surface area contributed by atoms with Crippen LogP contribution < -0.4 is 16.0 Å². The van der Waals surface area contributed by atoms with Crippen LogP contribution in [0.1, 0.15) is 13.3 Å². The van der Waals surface area contributed by atoms with Gasteiger partial charge in [-0.15, -0.1) is 0 Å². The number of hydrogen-bond donors (Lipinski definition) is 3.